The number of carboxylic acids is 2. The van der Waals surface area contributed by atoms with Crippen LogP contribution in [-0.2, 0) is 14.4 Å². The van der Waals surface area contributed by atoms with Crippen LogP contribution >= 0.6 is 11.9 Å². The Kier molecular flexibility index (Phi) is 8.43. The molecule has 0 atom stereocenters. The van der Waals surface area contributed by atoms with Crippen molar-refractivity contribution in [3.63, 3.8) is 0 Å². The highest BCUT2D eigenvalue weighted by Gasteiger charge is 2.29. The fourth-order valence-electron chi connectivity index (χ4n) is 2.47. The lowest BCUT2D eigenvalue weighted by Gasteiger charge is -2.16. The number of hydrazine groups is 1. The maximum atomic E-state index is 12.7. The van der Waals surface area contributed by atoms with Crippen molar-refractivity contribution in [1.82, 2.24) is 15.2 Å². The molecule has 0 spiro atoms. The Morgan fingerprint density at radius 1 is 1.10 bits per heavy atom. The fraction of sp³-hybridized carbons (Fsp3) is 0.316. The second-order valence-electron chi connectivity index (χ2n) is 6.50. The van der Waals surface area contributed by atoms with Gasteiger partial charge in [0.1, 0.15) is 10.7 Å². The third-order valence-electron chi connectivity index (χ3n) is 4.07. The van der Waals surface area contributed by atoms with E-state index in [-0.39, 0.29) is 42.6 Å². The number of aliphatic imine (C=N–C) groups is 1. The Bertz CT molecular complexity index is 928. The van der Waals surface area contributed by atoms with Crippen LogP contribution in [0.3, 0.4) is 0 Å². The predicted molar refractivity (Wildman–Crippen MR) is 114 cm³/mol. The lowest BCUT2D eigenvalue weighted by Crippen LogP contribution is -2.32. The van der Waals surface area contributed by atoms with E-state index in [1.165, 1.54) is 4.41 Å². The van der Waals surface area contributed by atoms with Crippen molar-refractivity contribution < 1.29 is 29.4 Å². The first-order chi connectivity index (χ1) is 14.7. The van der Waals surface area contributed by atoms with Gasteiger partial charge in [0.2, 0.25) is 0 Å². The molecular formula is C19H23N5O6S. The van der Waals surface area contributed by atoms with Gasteiger partial charge in [0.05, 0.1) is 12.1 Å². The minimum absolute atomic E-state index is 0.0117. The van der Waals surface area contributed by atoms with Crippen molar-refractivity contribution in [2.24, 2.45) is 10.7 Å². The Morgan fingerprint density at radius 3 is 2.32 bits per heavy atom. The van der Waals surface area contributed by atoms with Gasteiger partial charge in [-0.15, -0.1) is 0 Å². The molecule has 0 radical (unpaired) electrons. The number of carbonyl (C=O) groups excluding carboxylic acids is 2. The van der Waals surface area contributed by atoms with Crippen molar-refractivity contribution >= 4 is 41.5 Å². The number of hydrogen-bond acceptors (Lipinski definition) is 7. The van der Waals surface area contributed by atoms with Gasteiger partial charge in [0.15, 0.2) is 0 Å². The summed E-state index contributed by atoms with van der Waals surface area (Å²) < 4.78 is 1.21. The molecule has 12 heteroatoms. The van der Waals surface area contributed by atoms with E-state index in [4.69, 9.17) is 15.9 Å². The van der Waals surface area contributed by atoms with Crippen molar-refractivity contribution in [2.45, 2.75) is 26.2 Å². The SMILES string of the molecule is CC1=C(C(=O)NCCC(=O)O)SN(C(=O)c2ccc(C(N)=NCCCC(=O)O)cc2)N1. The normalized spacial score (nSPS) is 13.7. The Labute approximate surface area is 182 Å². The first kappa shape index (κ1) is 23.7. The topological polar surface area (TPSA) is 174 Å². The van der Waals surface area contributed by atoms with Gasteiger partial charge >= 0.3 is 11.9 Å². The zero-order valence-corrected chi connectivity index (χ0v) is 17.6. The number of nitrogens with one attached hydrogen (secondary N) is 2. The number of carboxylic acid groups (broad SMARTS) is 2. The average molecular weight is 449 g/mol. The number of benzene rings is 1. The first-order valence-electron chi connectivity index (χ1n) is 9.31. The second kappa shape index (κ2) is 11.0. The molecule has 1 aliphatic rings. The van der Waals surface area contributed by atoms with E-state index in [9.17, 15) is 19.2 Å². The monoisotopic (exact) mass is 449 g/mol. The summed E-state index contributed by atoms with van der Waals surface area (Å²) in [5.74, 6) is -2.52. The molecule has 6 N–H and O–H groups in total. The molecule has 1 heterocycles. The highest BCUT2D eigenvalue weighted by atomic mass is 32.2. The third kappa shape index (κ3) is 7.03. The van der Waals surface area contributed by atoms with Crippen LogP contribution < -0.4 is 16.5 Å². The standard InChI is InChI=1S/C19H23N5O6S/c1-11-16(18(29)22-10-8-15(27)28)31-24(23-11)19(30)13-6-4-12(5-7-13)17(20)21-9-2-3-14(25)26/h4-7,23H,2-3,8-10H2,1H3,(H2,20,21)(H,22,29)(H,25,26)(H,27,28). The Balaban J connectivity index is 1.94. The molecule has 1 aromatic carbocycles. The lowest BCUT2D eigenvalue weighted by atomic mass is 10.1. The molecule has 166 valence electrons. The zero-order chi connectivity index (χ0) is 23.0. The number of amides is 2. The molecular weight excluding hydrogens is 426 g/mol. The number of nitrogens with two attached hydrogens (primary N) is 1. The van der Waals surface area contributed by atoms with E-state index in [1.807, 2.05) is 0 Å². The number of carbonyl (C=O) groups is 4. The molecule has 0 aromatic heterocycles. The molecule has 1 aliphatic heterocycles. The predicted octanol–water partition coefficient (Wildman–Crippen LogP) is 0.688. The fourth-order valence-corrected chi connectivity index (χ4v) is 3.37. The van der Waals surface area contributed by atoms with Crippen LogP contribution in [0.4, 0.5) is 0 Å². The minimum atomic E-state index is -1.02. The number of aliphatic carboxylic acids is 2. The van der Waals surface area contributed by atoms with Crippen LogP contribution in [0.2, 0.25) is 0 Å². The van der Waals surface area contributed by atoms with Crippen LogP contribution in [0.1, 0.15) is 42.1 Å². The van der Waals surface area contributed by atoms with E-state index in [0.29, 0.717) is 23.2 Å². The zero-order valence-electron chi connectivity index (χ0n) is 16.8. The second-order valence-corrected chi connectivity index (χ2v) is 7.45. The maximum absolute atomic E-state index is 12.7. The van der Waals surface area contributed by atoms with E-state index < -0.39 is 17.8 Å². The summed E-state index contributed by atoms with van der Waals surface area (Å²) >= 11 is 0.912. The molecule has 11 nitrogen and oxygen atoms in total. The quantitative estimate of drug-likeness (QED) is 0.149. The lowest BCUT2D eigenvalue weighted by molar-refractivity contribution is -0.138. The first-order valence-corrected chi connectivity index (χ1v) is 10.1. The van der Waals surface area contributed by atoms with Gasteiger partial charge < -0.3 is 21.3 Å². The van der Waals surface area contributed by atoms with Crippen LogP contribution in [-0.4, -0.2) is 57.3 Å². The molecule has 1 aromatic rings. The number of hydrogen-bond donors (Lipinski definition) is 5. The smallest absolute Gasteiger partial charge is 0.305 e. The molecule has 0 unspecified atom stereocenters. The van der Waals surface area contributed by atoms with Gasteiger partial charge in [-0.3, -0.25) is 29.6 Å². The van der Waals surface area contributed by atoms with Gasteiger partial charge in [-0.05, 0) is 25.5 Å². The van der Waals surface area contributed by atoms with Crippen molar-refractivity contribution in [3.05, 3.63) is 46.0 Å². The van der Waals surface area contributed by atoms with Gasteiger partial charge in [0, 0.05) is 42.6 Å². The van der Waals surface area contributed by atoms with E-state index in [0.717, 1.165) is 11.9 Å². The Hall–Kier alpha value is -3.54. The molecule has 31 heavy (non-hydrogen) atoms. The maximum Gasteiger partial charge on any atom is 0.305 e. The summed E-state index contributed by atoms with van der Waals surface area (Å²) in [5, 5.41) is 19.8. The van der Waals surface area contributed by atoms with E-state index >= 15 is 0 Å². The minimum Gasteiger partial charge on any atom is -0.481 e. The number of amidine groups is 1. The molecule has 2 rings (SSSR count). The molecule has 2 amide bonds. The summed E-state index contributed by atoms with van der Waals surface area (Å²) in [6.45, 7) is 1.91. The summed E-state index contributed by atoms with van der Waals surface area (Å²) in [6, 6.07) is 6.40. The van der Waals surface area contributed by atoms with Gasteiger partial charge in [-0.2, -0.15) is 4.41 Å². The molecule has 0 fully saturated rings. The molecule has 0 aliphatic carbocycles. The summed E-state index contributed by atoms with van der Waals surface area (Å²) in [4.78, 5) is 50.3. The van der Waals surface area contributed by atoms with Crippen LogP contribution in [0.25, 0.3) is 0 Å². The van der Waals surface area contributed by atoms with Crippen molar-refractivity contribution in [2.75, 3.05) is 13.1 Å². The molecule has 0 saturated heterocycles. The summed E-state index contributed by atoms with van der Waals surface area (Å²) in [6.07, 6.45) is 0.192. The average Bonchev–Trinajstić information content (AvgIpc) is 3.12. The van der Waals surface area contributed by atoms with Crippen molar-refractivity contribution in [1.29, 1.82) is 0 Å². The van der Waals surface area contributed by atoms with Gasteiger partial charge in [-0.25, -0.2) is 0 Å². The van der Waals surface area contributed by atoms with E-state index in [1.54, 1.807) is 31.2 Å². The highest BCUT2D eigenvalue weighted by Crippen LogP contribution is 2.30. The van der Waals surface area contributed by atoms with Gasteiger partial charge in [0.25, 0.3) is 11.8 Å². The third-order valence-corrected chi connectivity index (χ3v) is 5.18. The van der Waals surface area contributed by atoms with Crippen LogP contribution in [0.15, 0.2) is 39.9 Å². The van der Waals surface area contributed by atoms with E-state index in [2.05, 4.69) is 15.7 Å². The summed E-state index contributed by atoms with van der Waals surface area (Å²) in [7, 11) is 0. The van der Waals surface area contributed by atoms with Crippen LogP contribution in [0, 0.1) is 0 Å². The number of rotatable bonds is 10. The molecule has 0 bridgehead atoms. The number of allylic oxidation sites excluding steroid dienone is 1. The highest BCUT2D eigenvalue weighted by molar-refractivity contribution is 8.02. The largest absolute Gasteiger partial charge is 0.481 e. The van der Waals surface area contributed by atoms with Crippen LogP contribution in [0.5, 0.6) is 0 Å². The van der Waals surface area contributed by atoms with Crippen molar-refractivity contribution in [3.8, 4) is 0 Å². The Morgan fingerprint density at radius 2 is 1.71 bits per heavy atom. The summed E-state index contributed by atoms with van der Waals surface area (Å²) in [5.41, 5.74) is 10.1. The number of nitrogens with zero attached hydrogens (tertiary/aromatic N) is 2. The van der Waals surface area contributed by atoms with Gasteiger partial charge in [-0.1, -0.05) is 12.1 Å². The molecule has 0 saturated carbocycles.